The summed E-state index contributed by atoms with van der Waals surface area (Å²) >= 11 is 0. The van der Waals surface area contributed by atoms with Crippen LogP contribution in [0.1, 0.15) is 34.3 Å². The van der Waals surface area contributed by atoms with Crippen LogP contribution in [0.2, 0.25) is 0 Å². The van der Waals surface area contributed by atoms with E-state index in [0.717, 1.165) is 11.1 Å². The van der Waals surface area contributed by atoms with Crippen LogP contribution in [0.15, 0.2) is 12.1 Å². The Morgan fingerprint density at radius 2 is 2.05 bits per heavy atom. The van der Waals surface area contributed by atoms with Gasteiger partial charge in [-0.05, 0) is 31.0 Å². The molecule has 1 aliphatic rings. The number of hydrogen-bond donors (Lipinski definition) is 1. The second-order valence-electron chi connectivity index (χ2n) is 5.50. The molecule has 118 valence electrons. The molecule has 1 fully saturated rings. The van der Waals surface area contributed by atoms with Gasteiger partial charge < -0.3 is 14.6 Å². The standard InChI is InChI=1S/C16H18O6/c1-8-4-9(2)15(21-3)11(5-8)14(20)16-10(6-12(17)18)7-13(19)22-16/h4-5,10,16H,6-7H2,1-3H3,(H,17,18)/t10-,16-/m1/s1. The van der Waals surface area contributed by atoms with E-state index in [1.807, 2.05) is 19.9 Å². The summed E-state index contributed by atoms with van der Waals surface area (Å²) < 4.78 is 10.3. The topological polar surface area (TPSA) is 89.9 Å². The molecule has 2 rings (SSSR count). The maximum atomic E-state index is 12.7. The third-order valence-corrected chi connectivity index (χ3v) is 3.70. The highest BCUT2D eigenvalue weighted by Crippen LogP contribution is 2.32. The van der Waals surface area contributed by atoms with Gasteiger partial charge in [0, 0.05) is 5.92 Å². The second-order valence-corrected chi connectivity index (χ2v) is 5.50. The molecule has 22 heavy (non-hydrogen) atoms. The van der Waals surface area contributed by atoms with Crippen LogP contribution in [0, 0.1) is 19.8 Å². The summed E-state index contributed by atoms with van der Waals surface area (Å²) in [5, 5.41) is 8.92. The maximum absolute atomic E-state index is 12.7. The second kappa shape index (κ2) is 6.17. The van der Waals surface area contributed by atoms with Gasteiger partial charge in [0.15, 0.2) is 6.10 Å². The van der Waals surface area contributed by atoms with Crippen LogP contribution in [0.25, 0.3) is 0 Å². The first-order chi connectivity index (χ1) is 10.3. The van der Waals surface area contributed by atoms with Gasteiger partial charge in [0.1, 0.15) is 5.75 Å². The summed E-state index contributed by atoms with van der Waals surface area (Å²) in [4.78, 5) is 35.1. The number of rotatable bonds is 5. The number of aliphatic carboxylic acids is 1. The summed E-state index contributed by atoms with van der Waals surface area (Å²) in [5.41, 5.74) is 1.99. The Morgan fingerprint density at radius 1 is 1.36 bits per heavy atom. The predicted octanol–water partition coefficient (Wildman–Crippen LogP) is 1.90. The molecule has 0 saturated carbocycles. The number of benzene rings is 1. The van der Waals surface area contributed by atoms with Crippen LogP contribution in [0.4, 0.5) is 0 Å². The molecule has 0 unspecified atom stereocenters. The first-order valence-corrected chi connectivity index (χ1v) is 6.94. The van der Waals surface area contributed by atoms with Crippen LogP contribution in [-0.2, 0) is 14.3 Å². The summed E-state index contributed by atoms with van der Waals surface area (Å²) in [5.74, 6) is -2.25. The first kappa shape index (κ1) is 16.0. The zero-order valence-electron chi connectivity index (χ0n) is 12.7. The lowest BCUT2D eigenvalue weighted by Crippen LogP contribution is -2.29. The van der Waals surface area contributed by atoms with E-state index in [1.54, 1.807) is 6.07 Å². The fourth-order valence-electron chi connectivity index (χ4n) is 2.84. The molecule has 0 aromatic heterocycles. The number of Topliss-reactive ketones (excluding diaryl/α,β-unsaturated/α-hetero) is 1. The van der Waals surface area contributed by atoms with Crippen LogP contribution >= 0.6 is 0 Å². The number of ketones is 1. The molecule has 2 atom stereocenters. The Balaban J connectivity index is 2.38. The zero-order valence-corrected chi connectivity index (χ0v) is 12.7. The predicted molar refractivity (Wildman–Crippen MR) is 77.0 cm³/mol. The Morgan fingerprint density at radius 3 is 2.64 bits per heavy atom. The highest BCUT2D eigenvalue weighted by Gasteiger charge is 2.42. The van der Waals surface area contributed by atoms with Crippen LogP contribution in [-0.4, -0.2) is 36.0 Å². The fourth-order valence-corrected chi connectivity index (χ4v) is 2.84. The van der Waals surface area contributed by atoms with E-state index in [0.29, 0.717) is 11.3 Å². The van der Waals surface area contributed by atoms with Crippen molar-refractivity contribution in [2.24, 2.45) is 5.92 Å². The van der Waals surface area contributed by atoms with E-state index in [2.05, 4.69) is 0 Å². The Hall–Kier alpha value is -2.37. The van der Waals surface area contributed by atoms with Crippen molar-refractivity contribution in [3.63, 3.8) is 0 Å². The van der Waals surface area contributed by atoms with Gasteiger partial charge in [-0.3, -0.25) is 14.4 Å². The Labute approximate surface area is 128 Å². The highest BCUT2D eigenvalue weighted by molar-refractivity contribution is 6.04. The monoisotopic (exact) mass is 306 g/mol. The molecule has 1 heterocycles. The Kier molecular flexibility index (Phi) is 4.49. The van der Waals surface area contributed by atoms with Gasteiger partial charge in [0.2, 0.25) is 5.78 Å². The van der Waals surface area contributed by atoms with Gasteiger partial charge in [-0.1, -0.05) is 6.07 Å². The molecule has 1 aromatic carbocycles. The third-order valence-electron chi connectivity index (χ3n) is 3.70. The number of cyclic esters (lactones) is 1. The van der Waals surface area contributed by atoms with Gasteiger partial charge in [0.05, 0.1) is 25.5 Å². The number of carboxylic acid groups (broad SMARTS) is 1. The lowest BCUT2D eigenvalue weighted by Gasteiger charge is -2.18. The summed E-state index contributed by atoms with van der Waals surface area (Å²) in [6.07, 6.45) is -1.41. The SMILES string of the molecule is COc1c(C)cc(C)cc1C(=O)[C@@H]1OC(=O)C[C@H]1CC(=O)O. The largest absolute Gasteiger partial charge is 0.496 e. The van der Waals surface area contributed by atoms with Crippen molar-refractivity contribution in [2.75, 3.05) is 7.11 Å². The minimum atomic E-state index is -1.07. The first-order valence-electron chi connectivity index (χ1n) is 6.94. The van der Waals surface area contributed by atoms with Crippen LogP contribution in [0.3, 0.4) is 0 Å². The Bertz CT molecular complexity index is 634. The van der Waals surface area contributed by atoms with Crippen molar-refractivity contribution < 1.29 is 29.0 Å². The summed E-state index contributed by atoms with van der Waals surface area (Å²) in [7, 11) is 1.46. The van der Waals surface area contributed by atoms with E-state index in [4.69, 9.17) is 14.6 Å². The molecular weight excluding hydrogens is 288 g/mol. The van der Waals surface area contributed by atoms with Gasteiger partial charge in [-0.15, -0.1) is 0 Å². The quantitative estimate of drug-likeness (QED) is 0.660. The van der Waals surface area contributed by atoms with Crippen molar-refractivity contribution >= 4 is 17.7 Å². The molecule has 1 N–H and O–H groups in total. The lowest BCUT2D eigenvalue weighted by atomic mass is 9.90. The van der Waals surface area contributed by atoms with Crippen LogP contribution in [0.5, 0.6) is 5.75 Å². The van der Waals surface area contributed by atoms with Crippen molar-refractivity contribution in [2.45, 2.75) is 32.8 Å². The number of hydrogen-bond acceptors (Lipinski definition) is 5. The number of ether oxygens (including phenoxy) is 2. The van der Waals surface area contributed by atoms with Gasteiger partial charge >= 0.3 is 11.9 Å². The van der Waals surface area contributed by atoms with Gasteiger partial charge in [-0.25, -0.2) is 0 Å². The van der Waals surface area contributed by atoms with E-state index < -0.39 is 29.7 Å². The molecule has 1 saturated heterocycles. The number of esters is 1. The molecule has 6 nitrogen and oxygen atoms in total. The molecule has 1 aromatic rings. The minimum Gasteiger partial charge on any atom is -0.496 e. The maximum Gasteiger partial charge on any atom is 0.306 e. The average Bonchev–Trinajstić information content (AvgIpc) is 2.77. The van der Waals surface area contributed by atoms with Crippen molar-refractivity contribution in [3.05, 3.63) is 28.8 Å². The minimum absolute atomic E-state index is 0.0597. The number of carboxylic acids is 1. The molecule has 6 heteroatoms. The van der Waals surface area contributed by atoms with E-state index >= 15 is 0 Å². The smallest absolute Gasteiger partial charge is 0.306 e. The van der Waals surface area contributed by atoms with Crippen molar-refractivity contribution in [3.8, 4) is 5.75 Å². The molecule has 0 aliphatic carbocycles. The third kappa shape index (κ3) is 3.10. The normalized spacial score (nSPS) is 20.6. The average molecular weight is 306 g/mol. The molecule has 0 radical (unpaired) electrons. The van der Waals surface area contributed by atoms with E-state index in [1.165, 1.54) is 7.11 Å². The van der Waals surface area contributed by atoms with Crippen LogP contribution < -0.4 is 4.74 Å². The fraction of sp³-hybridized carbons (Fsp3) is 0.438. The zero-order chi connectivity index (χ0) is 16.4. The van der Waals surface area contributed by atoms with Crippen molar-refractivity contribution in [1.82, 2.24) is 0 Å². The van der Waals surface area contributed by atoms with Gasteiger partial charge in [-0.2, -0.15) is 0 Å². The summed E-state index contributed by atoms with van der Waals surface area (Å²) in [6.45, 7) is 3.66. The van der Waals surface area contributed by atoms with E-state index in [9.17, 15) is 14.4 Å². The highest BCUT2D eigenvalue weighted by atomic mass is 16.6. The molecule has 1 aliphatic heterocycles. The molecular formula is C16H18O6. The van der Waals surface area contributed by atoms with Crippen molar-refractivity contribution in [1.29, 1.82) is 0 Å². The molecule has 0 amide bonds. The molecule has 0 spiro atoms. The number of methoxy groups -OCH3 is 1. The number of aryl methyl sites for hydroxylation is 2. The summed E-state index contributed by atoms with van der Waals surface area (Å²) in [6, 6.07) is 3.54. The molecule has 0 bridgehead atoms. The number of carbonyl (C=O) groups excluding carboxylic acids is 2. The lowest BCUT2D eigenvalue weighted by molar-refractivity contribution is -0.141. The van der Waals surface area contributed by atoms with Gasteiger partial charge in [0.25, 0.3) is 0 Å². The number of carbonyl (C=O) groups is 3. The van der Waals surface area contributed by atoms with E-state index in [-0.39, 0.29) is 12.8 Å².